The summed E-state index contributed by atoms with van der Waals surface area (Å²) in [6, 6.07) is 9.55. The molecule has 1 atom stereocenters. The molecule has 250 valence electrons. The van der Waals surface area contributed by atoms with Gasteiger partial charge in [-0.15, -0.1) is 0 Å². The highest BCUT2D eigenvalue weighted by Crippen LogP contribution is 2.43. The molecule has 0 bridgehead atoms. The van der Waals surface area contributed by atoms with E-state index in [0.29, 0.717) is 6.61 Å². The molecule has 4 nitrogen and oxygen atoms in total. The van der Waals surface area contributed by atoms with Gasteiger partial charge >= 0.3 is 0 Å². The van der Waals surface area contributed by atoms with Gasteiger partial charge in [0.2, 0.25) is 0 Å². The molecule has 0 spiro atoms. The summed E-state index contributed by atoms with van der Waals surface area (Å²) < 4.78 is 13.0. The van der Waals surface area contributed by atoms with Crippen LogP contribution < -0.4 is 20.5 Å². The van der Waals surface area contributed by atoms with E-state index in [2.05, 4.69) is 127 Å². The predicted octanol–water partition coefficient (Wildman–Crippen LogP) is 9.64. The van der Waals surface area contributed by atoms with Gasteiger partial charge in [0.1, 0.15) is 18.1 Å². The lowest BCUT2D eigenvalue weighted by Gasteiger charge is -2.31. The quantitative estimate of drug-likeness (QED) is 0.210. The van der Waals surface area contributed by atoms with Crippen LogP contribution in [0.2, 0.25) is 0 Å². The number of methoxy groups -OCH3 is 1. The van der Waals surface area contributed by atoms with Crippen LogP contribution in [0.1, 0.15) is 150 Å². The summed E-state index contributed by atoms with van der Waals surface area (Å²) >= 11 is 0. The van der Waals surface area contributed by atoms with Crippen molar-refractivity contribution in [3.63, 3.8) is 0 Å². The fourth-order valence-corrected chi connectivity index (χ4v) is 5.50. The minimum absolute atomic E-state index is 0.00557. The molecular formula is C40H68N2O2. The molecule has 0 heterocycles. The average Bonchev–Trinajstić information content (AvgIpc) is 2.89. The van der Waals surface area contributed by atoms with Crippen molar-refractivity contribution in [3.05, 3.63) is 57.6 Å². The Morgan fingerprint density at radius 3 is 1.68 bits per heavy atom. The van der Waals surface area contributed by atoms with Crippen molar-refractivity contribution < 1.29 is 9.47 Å². The van der Waals surface area contributed by atoms with E-state index < -0.39 is 0 Å². The maximum atomic E-state index is 6.77. The number of rotatable bonds is 14. The minimum atomic E-state index is -0.129. The summed E-state index contributed by atoms with van der Waals surface area (Å²) in [6.45, 7) is 34.3. The molecule has 3 N–H and O–H groups in total. The summed E-state index contributed by atoms with van der Waals surface area (Å²) in [5, 5.41) is 3.57. The number of ether oxygens (including phenoxy) is 2. The van der Waals surface area contributed by atoms with E-state index in [1.54, 1.807) is 0 Å². The first-order valence-corrected chi connectivity index (χ1v) is 17.0. The molecule has 0 fully saturated rings. The zero-order chi connectivity index (χ0) is 33.7. The molecule has 2 aromatic carbocycles. The first kappa shape index (κ1) is 38.1. The molecule has 4 heteroatoms. The summed E-state index contributed by atoms with van der Waals surface area (Å²) in [5.74, 6) is 2.04. The highest BCUT2D eigenvalue weighted by atomic mass is 16.5. The summed E-state index contributed by atoms with van der Waals surface area (Å²) in [4.78, 5) is 0. The normalized spacial score (nSPS) is 14.5. The van der Waals surface area contributed by atoms with E-state index in [9.17, 15) is 0 Å². The summed E-state index contributed by atoms with van der Waals surface area (Å²) in [7, 11) is 1.83. The molecule has 0 saturated heterocycles. The topological polar surface area (TPSA) is 56.5 Å². The largest absolute Gasteiger partial charge is 0.496 e. The third kappa shape index (κ3) is 10.8. The smallest absolute Gasteiger partial charge is 0.126 e. The molecular weight excluding hydrogens is 540 g/mol. The van der Waals surface area contributed by atoms with Crippen molar-refractivity contribution >= 4 is 0 Å². The zero-order valence-electron chi connectivity index (χ0n) is 31.4. The molecule has 0 aliphatic heterocycles. The lowest BCUT2D eigenvalue weighted by molar-refractivity contribution is 0.298. The van der Waals surface area contributed by atoms with Crippen LogP contribution >= 0.6 is 0 Å². The predicted molar refractivity (Wildman–Crippen MR) is 192 cm³/mol. The van der Waals surface area contributed by atoms with E-state index in [1.165, 1.54) is 33.4 Å². The Morgan fingerprint density at radius 1 is 0.682 bits per heavy atom. The summed E-state index contributed by atoms with van der Waals surface area (Å²) in [6.07, 6.45) is 4.66. The van der Waals surface area contributed by atoms with E-state index in [4.69, 9.17) is 15.2 Å². The Balaban J connectivity index is 2.69. The fourth-order valence-electron chi connectivity index (χ4n) is 5.50. The highest BCUT2D eigenvalue weighted by molar-refractivity contribution is 5.55. The van der Waals surface area contributed by atoms with E-state index in [-0.39, 0.29) is 27.2 Å². The Kier molecular flexibility index (Phi) is 12.6. The van der Waals surface area contributed by atoms with Gasteiger partial charge in [-0.3, -0.25) is 0 Å². The SMILES string of the molecule is CCC(C)(N)CCNCCOc1c(Cc2cc(C(C)(C)C)cc(C(C)(C)CC)c2OC)cc(C(C)(C)C)cc1CC(C)(C)C. The third-order valence-corrected chi connectivity index (χ3v) is 9.27. The Labute approximate surface area is 272 Å². The monoisotopic (exact) mass is 609 g/mol. The lowest BCUT2D eigenvalue weighted by atomic mass is 9.75. The lowest BCUT2D eigenvalue weighted by Crippen LogP contribution is -2.39. The van der Waals surface area contributed by atoms with Crippen molar-refractivity contribution in [3.8, 4) is 11.5 Å². The van der Waals surface area contributed by atoms with Gasteiger partial charge in [0.05, 0.1) is 7.11 Å². The minimum Gasteiger partial charge on any atom is -0.496 e. The van der Waals surface area contributed by atoms with Crippen LogP contribution in [-0.4, -0.2) is 32.3 Å². The molecule has 0 aromatic heterocycles. The van der Waals surface area contributed by atoms with Crippen LogP contribution in [0.5, 0.6) is 11.5 Å². The molecule has 0 aliphatic carbocycles. The third-order valence-electron chi connectivity index (χ3n) is 9.27. The Bertz CT molecular complexity index is 1220. The van der Waals surface area contributed by atoms with E-state index in [1.807, 2.05) is 7.11 Å². The highest BCUT2D eigenvalue weighted by Gasteiger charge is 2.29. The molecule has 1 unspecified atom stereocenters. The van der Waals surface area contributed by atoms with Crippen molar-refractivity contribution in [1.29, 1.82) is 0 Å². The van der Waals surface area contributed by atoms with Gasteiger partial charge in [0.15, 0.2) is 0 Å². The first-order chi connectivity index (χ1) is 20.0. The van der Waals surface area contributed by atoms with Crippen LogP contribution in [-0.2, 0) is 29.1 Å². The van der Waals surface area contributed by atoms with Gasteiger partial charge in [0, 0.05) is 24.1 Å². The molecule has 0 amide bonds. The van der Waals surface area contributed by atoms with Crippen LogP contribution in [0, 0.1) is 5.41 Å². The maximum Gasteiger partial charge on any atom is 0.126 e. The van der Waals surface area contributed by atoms with E-state index in [0.717, 1.165) is 56.7 Å². The first-order valence-electron chi connectivity index (χ1n) is 17.0. The van der Waals surface area contributed by atoms with Gasteiger partial charge in [-0.05, 0) is 88.6 Å². The molecule has 0 saturated carbocycles. The number of hydrogen-bond acceptors (Lipinski definition) is 4. The second-order valence-electron chi connectivity index (χ2n) is 17.3. The Hall–Kier alpha value is -2.04. The number of nitrogens with one attached hydrogen (secondary N) is 1. The molecule has 44 heavy (non-hydrogen) atoms. The van der Waals surface area contributed by atoms with Crippen molar-refractivity contribution in [2.24, 2.45) is 11.1 Å². The van der Waals surface area contributed by atoms with Crippen molar-refractivity contribution in [2.45, 2.75) is 151 Å². The fraction of sp³-hybridized carbons (Fsp3) is 0.700. The maximum absolute atomic E-state index is 6.77. The van der Waals surface area contributed by atoms with Gasteiger partial charge in [0.25, 0.3) is 0 Å². The number of nitrogens with two attached hydrogens (primary N) is 1. The number of benzene rings is 2. The molecule has 0 radical (unpaired) electrons. The van der Waals surface area contributed by atoms with Gasteiger partial charge in [-0.1, -0.05) is 114 Å². The average molecular weight is 609 g/mol. The number of hydrogen-bond donors (Lipinski definition) is 2. The van der Waals surface area contributed by atoms with Crippen LogP contribution in [0.25, 0.3) is 0 Å². The second-order valence-corrected chi connectivity index (χ2v) is 17.3. The zero-order valence-corrected chi connectivity index (χ0v) is 31.4. The van der Waals surface area contributed by atoms with Crippen molar-refractivity contribution in [2.75, 3.05) is 26.8 Å². The van der Waals surface area contributed by atoms with Crippen molar-refractivity contribution in [1.82, 2.24) is 5.32 Å². The Morgan fingerprint density at radius 2 is 1.20 bits per heavy atom. The molecule has 2 rings (SSSR count). The second kappa shape index (κ2) is 14.6. The molecule has 2 aromatic rings. The van der Waals surface area contributed by atoms with Crippen LogP contribution in [0.3, 0.4) is 0 Å². The van der Waals surface area contributed by atoms with Gasteiger partial charge in [-0.2, -0.15) is 0 Å². The van der Waals surface area contributed by atoms with Gasteiger partial charge in [-0.25, -0.2) is 0 Å². The summed E-state index contributed by atoms with van der Waals surface area (Å²) in [5.41, 5.74) is 14.1. The van der Waals surface area contributed by atoms with E-state index >= 15 is 0 Å². The van der Waals surface area contributed by atoms with Crippen LogP contribution in [0.15, 0.2) is 24.3 Å². The van der Waals surface area contributed by atoms with Crippen LogP contribution in [0.4, 0.5) is 0 Å². The standard InChI is InChI=1S/C40H68N2O2/c1-16-39(12,13)33-26-32(38(9,10)11)24-29(35(33)43-15)22-28-23-31(37(6,7)8)25-30(27-36(3,4)5)34(28)44-21-20-42-19-18-40(14,41)17-2/h23-26,42H,16-22,27,41H2,1-15H3. The van der Waals surface area contributed by atoms with Gasteiger partial charge < -0.3 is 20.5 Å². The molecule has 0 aliphatic rings.